The second-order valence-electron chi connectivity index (χ2n) is 2.64. The van der Waals surface area contributed by atoms with Crippen molar-refractivity contribution in [3.63, 3.8) is 0 Å². The van der Waals surface area contributed by atoms with E-state index in [1.807, 2.05) is 30.3 Å². The van der Waals surface area contributed by atoms with Gasteiger partial charge in [-0.25, -0.2) is 4.21 Å². The summed E-state index contributed by atoms with van der Waals surface area (Å²) in [5, 5.41) is -0.817. The van der Waals surface area contributed by atoms with Gasteiger partial charge in [0.05, 0.1) is 0 Å². The van der Waals surface area contributed by atoms with Gasteiger partial charge in [-0.15, -0.1) is 0 Å². The van der Waals surface area contributed by atoms with Crippen LogP contribution in [0.4, 0.5) is 0 Å². The fraction of sp³-hybridized carbons (Fsp3) is 0.222. The first-order valence-corrected chi connectivity index (χ1v) is 5.00. The number of rotatable bonds is 4. The fourth-order valence-electron chi connectivity index (χ4n) is 1.01. The third-order valence-electron chi connectivity index (χ3n) is 1.69. The molecule has 0 saturated heterocycles. The summed E-state index contributed by atoms with van der Waals surface area (Å²) < 4.78 is 19.3. The Morgan fingerprint density at radius 3 is 2.46 bits per heavy atom. The summed E-state index contributed by atoms with van der Waals surface area (Å²) in [6.07, 6.45) is 0.830. The quantitative estimate of drug-likeness (QED) is 0.580. The lowest BCUT2D eigenvalue weighted by atomic mass is 10.1. The molecule has 1 rings (SSSR count). The van der Waals surface area contributed by atoms with Gasteiger partial charge in [-0.2, -0.15) is 0 Å². The Hall–Kier alpha value is -1.00. The first kappa shape index (κ1) is 10.1. The molecule has 0 aliphatic rings. The monoisotopic (exact) mass is 198 g/mol. The van der Waals surface area contributed by atoms with Crippen molar-refractivity contribution in [2.75, 3.05) is 0 Å². The van der Waals surface area contributed by atoms with Gasteiger partial charge in [0.15, 0.2) is 11.1 Å². The molecule has 0 amide bonds. The average molecular weight is 198 g/mol. The lowest BCUT2D eigenvalue weighted by Gasteiger charge is -2.04. The van der Waals surface area contributed by atoms with Crippen molar-refractivity contribution >= 4 is 17.4 Å². The molecule has 1 aromatic carbocycles. The van der Waals surface area contributed by atoms with E-state index in [0.29, 0.717) is 12.7 Å². The number of benzene rings is 1. The van der Waals surface area contributed by atoms with E-state index in [0.717, 1.165) is 5.56 Å². The highest BCUT2D eigenvalue weighted by molar-refractivity contribution is 7.80. The van der Waals surface area contributed by atoms with Crippen molar-refractivity contribution in [3.8, 4) is 0 Å². The third-order valence-corrected chi connectivity index (χ3v) is 2.49. The predicted octanol–water partition coefficient (Wildman–Crippen LogP) is 1.02. The summed E-state index contributed by atoms with van der Waals surface area (Å²) >= 11 is -2.07. The molecule has 3 nitrogen and oxygen atoms in total. The van der Waals surface area contributed by atoms with E-state index in [-0.39, 0.29) is 0 Å². The molecule has 0 bridgehead atoms. The molecule has 0 fully saturated rings. The minimum Gasteiger partial charge on any atom is -0.306 e. The standard InChI is InChI=1S/C9H10O3S/c10-7-9(13(11)12)6-8-4-2-1-3-5-8/h1-5,7,9H,6H2,(H,11,12). The van der Waals surface area contributed by atoms with E-state index in [2.05, 4.69) is 0 Å². The topological polar surface area (TPSA) is 54.4 Å². The van der Waals surface area contributed by atoms with E-state index in [4.69, 9.17) is 4.55 Å². The maximum Gasteiger partial charge on any atom is 0.163 e. The van der Waals surface area contributed by atoms with E-state index in [1.165, 1.54) is 0 Å². The van der Waals surface area contributed by atoms with Crippen LogP contribution in [0.2, 0.25) is 0 Å². The van der Waals surface area contributed by atoms with Gasteiger partial charge in [-0.3, -0.25) is 0 Å². The van der Waals surface area contributed by atoms with Crippen LogP contribution in [0.5, 0.6) is 0 Å². The molecular weight excluding hydrogens is 188 g/mol. The smallest absolute Gasteiger partial charge is 0.163 e. The van der Waals surface area contributed by atoms with Crippen LogP contribution in [0.15, 0.2) is 30.3 Å². The molecule has 0 spiro atoms. The highest BCUT2D eigenvalue weighted by Gasteiger charge is 2.13. The molecule has 70 valence electrons. The Morgan fingerprint density at radius 1 is 1.38 bits per heavy atom. The molecule has 13 heavy (non-hydrogen) atoms. The number of carbonyl (C=O) groups is 1. The summed E-state index contributed by atoms with van der Waals surface area (Å²) in [4.78, 5) is 10.4. The average Bonchev–Trinajstić information content (AvgIpc) is 2.15. The van der Waals surface area contributed by atoms with Crippen LogP contribution in [-0.4, -0.2) is 20.3 Å². The van der Waals surface area contributed by atoms with Gasteiger partial charge in [-0.1, -0.05) is 30.3 Å². The van der Waals surface area contributed by atoms with Crippen LogP contribution in [0, 0.1) is 0 Å². The van der Waals surface area contributed by atoms with Crippen molar-refractivity contribution in [1.82, 2.24) is 0 Å². The summed E-state index contributed by atoms with van der Waals surface area (Å²) in [5.74, 6) is 0. The van der Waals surface area contributed by atoms with Crippen molar-refractivity contribution in [1.29, 1.82) is 0 Å². The van der Waals surface area contributed by atoms with Gasteiger partial charge in [0.25, 0.3) is 0 Å². The lowest BCUT2D eigenvalue weighted by molar-refractivity contribution is -0.107. The highest BCUT2D eigenvalue weighted by atomic mass is 32.2. The number of hydrogen-bond donors (Lipinski definition) is 1. The van der Waals surface area contributed by atoms with E-state index < -0.39 is 16.3 Å². The number of aldehydes is 1. The van der Waals surface area contributed by atoms with Gasteiger partial charge in [0.2, 0.25) is 0 Å². The maximum absolute atomic E-state index is 10.6. The largest absolute Gasteiger partial charge is 0.306 e. The molecule has 0 radical (unpaired) electrons. The minimum atomic E-state index is -2.07. The van der Waals surface area contributed by atoms with E-state index in [9.17, 15) is 9.00 Å². The second-order valence-corrected chi connectivity index (χ2v) is 3.80. The zero-order valence-electron chi connectivity index (χ0n) is 6.92. The summed E-state index contributed by atoms with van der Waals surface area (Å²) in [6.45, 7) is 0. The Morgan fingerprint density at radius 2 is 2.00 bits per heavy atom. The zero-order valence-corrected chi connectivity index (χ0v) is 7.74. The SMILES string of the molecule is O=CC(Cc1ccccc1)S(=O)O. The molecule has 0 heterocycles. The van der Waals surface area contributed by atoms with Crippen molar-refractivity contribution in [2.45, 2.75) is 11.7 Å². The lowest BCUT2D eigenvalue weighted by Crippen LogP contribution is -2.18. The molecule has 0 aliphatic heterocycles. The van der Waals surface area contributed by atoms with E-state index >= 15 is 0 Å². The Balaban J connectivity index is 2.67. The maximum atomic E-state index is 10.6. The van der Waals surface area contributed by atoms with Gasteiger partial charge in [0.1, 0.15) is 11.5 Å². The Bertz CT molecular complexity index is 297. The second kappa shape index (κ2) is 4.89. The van der Waals surface area contributed by atoms with Crippen LogP contribution < -0.4 is 0 Å². The number of hydrogen-bond acceptors (Lipinski definition) is 2. The molecule has 0 aliphatic carbocycles. The Labute approximate surface area is 79.1 Å². The highest BCUT2D eigenvalue weighted by Crippen LogP contribution is 2.04. The van der Waals surface area contributed by atoms with E-state index in [1.54, 1.807) is 0 Å². The third kappa shape index (κ3) is 3.08. The summed E-state index contributed by atoms with van der Waals surface area (Å²) in [6, 6.07) is 9.16. The first-order chi connectivity index (χ1) is 6.24. The van der Waals surface area contributed by atoms with Crippen LogP contribution >= 0.6 is 0 Å². The molecule has 0 saturated carbocycles. The molecular formula is C9H10O3S. The predicted molar refractivity (Wildman–Crippen MR) is 50.8 cm³/mol. The Kier molecular flexibility index (Phi) is 3.79. The zero-order chi connectivity index (χ0) is 9.68. The van der Waals surface area contributed by atoms with Crippen molar-refractivity contribution in [2.24, 2.45) is 0 Å². The normalized spacial score (nSPS) is 14.8. The van der Waals surface area contributed by atoms with Gasteiger partial charge in [0, 0.05) is 0 Å². The number of carbonyl (C=O) groups excluding carboxylic acids is 1. The van der Waals surface area contributed by atoms with Crippen LogP contribution in [0.1, 0.15) is 5.56 Å². The molecule has 4 heteroatoms. The molecule has 2 unspecified atom stereocenters. The molecule has 0 aromatic heterocycles. The van der Waals surface area contributed by atoms with Crippen molar-refractivity contribution in [3.05, 3.63) is 35.9 Å². The van der Waals surface area contributed by atoms with Crippen LogP contribution in [0.25, 0.3) is 0 Å². The van der Waals surface area contributed by atoms with Crippen LogP contribution in [-0.2, 0) is 22.3 Å². The molecule has 2 atom stereocenters. The summed E-state index contributed by atoms with van der Waals surface area (Å²) in [7, 11) is 0. The van der Waals surface area contributed by atoms with Gasteiger partial charge >= 0.3 is 0 Å². The molecule has 1 N–H and O–H groups in total. The fourth-order valence-corrected chi connectivity index (χ4v) is 1.44. The first-order valence-electron chi connectivity index (χ1n) is 3.83. The van der Waals surface area contributed by atoms with Gasteiger partial charge < -0.3 is 9.35 Å². The van der Waals surface area contributed by atoms with Crippen LogP contribution in [0.3, 0.4) is 0 Å². The van der Waals surface area contributed by atoms with Gasteiger partial charge in [-0.05, 0) is 12.0 Å². The molecule has 1 aromatic rings. The summed E-state index contributed by atoms with van der Waals surface area (Å²) in [5.41, 5.74) is 0.891. The van der Waals surface area contributed by atoms with Crippen molar-refractivity contribution < 1.29 is 13.6 Å². The minimum absolute atomic E-state index is 0.313.